The molecule has 0 radical (unpaired) electrons. The first-order chi connectivity index (χ1) is 9.95. The van der Waals surface area contributed by atoms with Gasteiger partial charge in [0.05, 0.1) is 22.6 Å². The molecule has 1 aliphatic rings. The van der Waals surface area contributed by atoms with Crippen molar-refractivity contribution < 1.29 is 19.2 Å². The maximum atomic E-state index is 12.4. The Morgan fingerprint density at radius 1 is 1.48 bits per heavy atom. The largest absolute Gasteiger partial charge is 0.467 e. The summed E-state index contributed by atoms with van der Waals surface area (Å²) in [5.74, 6) is -0.901. The van der Waals surface area contributed by atoms with Crippen LogP contribution in [0.1, 0.15) is 23.2 Å². The third-order valence-electron chi connectivity index (χ3n) is 3.38. The molecule has 0 aliphatic carbocycles. The van der Waals surface area contributed by atoms with Crippen molar-refractivity contribution in [2.75, 3.05) is 13.7 Å². The quantitative estimate of drug-likeness (QED) is 0.484. The van der Waals surface area contributed by atoms with E-state index in [9.17, 15) is 19.7 Å². The molecule has 1 aromatic carbocycles. The summed E-state index contributed by atoms with van der Waals surface area (Å²) in [5, 5.41) is 10.7. The van der Waals surface area contributed by atoms with Crippen molar-refractivity contribution in [3.05, 3.63) is 38.9 Å². The number of esters is 1. The summed E-state index contributed by atoms with van der Waals surface area (Å²) in [6, 6.07) is 3.00. The number of nitrogens with zero attached hydrogens (tertiary/aromatic N) is 2. The number of non-ortho nitro benzene ring substituents is 1. The van der Waals surface area contributed by atoms with Gasteiger partial charge >= 0.3 is 5.97 Å². The van der Waals surface area contributed by atoms with E-state index in [1.54, 1.807) is 0 Å². The molecule has 112 valence electrons. The van der Waals surface area contributed by atoms with Crippen molar-refractivity contribution in [2.45, 2.75) is 18.9 Å². The molecule has 1 amide bonds. The maximum absolute atomic E-state index is 12.4. The lowest BCUT2D eigenvalue weighted by molar-refractivity contribution is -0.384. The molecule has 0 aromatic heterocycles. The molecule has 8 heteroatoms. The zero-order valence-corrected chi connectivity index (χ0v) is 12.0. The molecule has 1 aliphatic heterocycles. The van der Waals surface area contributed by atoms with E-state index in [4.69, 9.17) is 11.6 Å². The van der Waals surface area contributed by atoms with Crippen LogP contribution >= 0.6 is 11.6 Å². The van der Waals surface area contributed by atoms with E-state index in [0.29, 0.717) is 19.4 Å². The predicted octanol–water partition coefficient (Wildman–Crippen LogP) is 2.03. The van der Waals surface area contributed by atoms with Gasteiger partial charge in [-0.05, 0) is 18.9 Å². The molecular weight excluding hydrogens is 300 g/mol. The van der Waals surface area contributed by atoms with Gasteiger partial charge in [-0.25, -0.2) is 4.79 Å². The number of carbonyl (C=O) groups excluding carboxylic acids is 2. The molecular formula is C13H13ClN2O5. The van der Waals surface area contributed by atoms with Gasteiger partial charge in [0, 0.05) is 18.7 Å². The number of hydrogen-bond acceptors (Lipinski definition) is 5. The number of halogens is 1. The Hall–Kier alpha value is -2.15. The van der Waals surface area contributed by atoms with Crippen LogP contribution < -0.4 is 0 Å². The number of likely N-dealkylation sites (tertiary alicyclic amines) is 1. The molecule has 0 saturated carbocycles. The van der Waals surface area contributed by atoms with Crippen LogP contribution in [0.5, 0.6) is 0 Å². The Kier molecular flexibility index (Phi) is 4.42. The average Bonchev–Trinajstić information content (AvgIpc) is 2.94. The van der Waals surface area contributed by atoms with Crippen molar-refractivity contribution in [3.63, 3.8) is 0 Å². The number of rotatable bonds is 3. The number of nitro benzene ring substituents is 1. The molecule has 1 saturated heterocycles. The van der Waals surface area contributed by atoms with E-state index in [1.165, 1.54) is 24.1 Å². The fourth-order valence-corrected chi connectivity index (χ4v) is 2.59. The first-order valence-electron chi connectivity index (χ1n) is 6.28. The highest BCUT2D eigenvalue weighted by Gasteiger charge is 2.36. The second kappa shape index (κ2) is 6.09. The molecule has 0 bridgehead atoms. The zero-order chi connectivity index (χ0) is 15.6. The Balaban J connectivity index is 2.27. The molecule has 1 atom stereocenters. The summed E-state index contributed by atoms with van der Waals surface area (Å²) < 4.78 is 4.68. The van der Waals surface area contributed by atoms with Crippen LogP contribution in [0.2, 0.25) is 5.02 Å². The molecule has 1 unspecified atom stereocenters. The summed E-state index contributed by atoms with van der Waals surface area (Å²) in [6.07, 6.45) is 1.22. The third kappa shape index (κ3) is 2.97. The lowest BCUT2D eigenvalue weighted by Crippen LogP contribution is -2.41. The second-order valence-electron chi connectivity index (χ2n) is 4.60. The van der Waals surface area contributed by atoms with Crippen LogP contribution in [-0.4, -0.2) is 41.4 Å². The highest BCUT2D eigenvalue weighted by Crippen LogP contribution is 2.27. The molecule has 0 N–H and O–H groups in total. The highest BCUT2D eigenvalue weighted by molar-refractivity contribution is 6.34. The molecule has 1 fully saturated rings. The summed E-state index contributed by atoms with van der Waals surface area (Å²) in [6.45, 7) is 0.423. The van der Waals surface area contributed by atoms with E-state index < -0.39 is 22.8 Å². The van der Waals surface area contributed by atoms with Crippen LogP contribution in [0.3, 0.4) is 0 Å². The van der Waals surface area contributed by atoms with Crippen molar-refractivity contribution >= 4 is 29.2 Å². The SMILES string of the molecule is COC(=O)C1CCCN1C(=O)c1ccc([N+](=O)[O-])cc1Cl. The van der Waals surface area contributed by atoms with Crippen molar-refractivity contribution in [2.24, 2.45) is 0 Å². The first kappa shape index (κ1) is 15.2. The van der Waals surface area contributed by atoms with Gasteiger partial charge < -0.3 is 9.64 Å². The van der Waals surface area contributed by atoms with Crippen LogP contribution in [0.15, 0.2) is 18.2 Å². The monoisotopic (exact) mass is 312 g/mol. The normalized spacial score (nSPS) is 17.6. The van der Waals surface area contributed by atoms with Gasteiger partial charge in [-0.1, -0.05) is 11.6 Å². The standard InChI is InChI=1S/C13H13ClN2O5/c1-21-13(18)11-3-2-6-15(11)12(17)9-5-4-8(16(19)20)7-10(9)14/h4-5,7,11H,2-3,6H2,1H3. The van der Waals surface area contributed by atoms with Gasteiger partial charge in [0.1, 0.15) is 6.04 Å². The number of benzene rings is 1. The van der Waals surface area contributed by atoms with Gasteiger partial charge in [0.2, 0.25) is 0 Å². The molecule has 1 heterocycles. The van der Waals surface area contributed by atoms with E-state index in [2.05, 4.69) is 4.74 Å². The van der Waals surface area contributed by atoms with Crippen LogP contribution in [-0.2, 0) is 9.53 Å². The number of methoxy groups -OCH3 is 1. The summed E-state index contributed by atoms with van der Waals surface area (Å²) >= 11 is 5.94. The van der Waals surface area contributed by atoms with Crippen molar-refractivity contribution in [1.29, 1.82) is 0 Å². The van der Waals surface area contributed by atoms with Crippen LogP contribution in [0.4, 0.5) is 5.69 Å². The third-order valence-corrected chi connectivity index (χ3v) is 3.69. The molecule has 1 aromatic rings. The van der Waals surface area contributed by atoms with Gasteiger partial charge in [0.25, 0.3) is 11.6 Å². The Labute approximate surface area is 125 Å². The van der Waals surface area contributed by atoms with Gasteiger partial charge in [-0.3, -0.25) is 14.9 Å². The minimum atomic E-state index is -0.631. The molecule has 7 nitrogen and oxygen atoms in total. The lowest BCUT2D eigenvalue weighted by atomic mass is 10.1. The fourth-order valence-electron chi connectivity index (χ4n) is 2.34. The summed E-state index contributed by atoms with van der Waals surface area (Å²) in [5.41, 5.74) is -0.0550. The number of amides is 1. The lowest BCUT2D eigenvalue weighted by Gasteiger charge is -2.23. The smallest absolute Gasteiger partial charge is 0.328 e. The van der Waals surface area contributed by atoms with Crippen molar-refractivity contribution in [3.8, 4) is 0 Å². The zero-order valence-electron chi connectivity index (χ0n) is 11.2. The highest BCUT2D eigenvalue weighted by atomic mass is 35.5. The second-order valence-corrected chi connectivity index (χ2v) is 5.01. The molecule has 0 spiro atoms. The van der Waals surface area contributed by atoms with E-state index in [1.807, 2.05) is 0 Å². The van der Waals surface area contributed by atoms with E-state index >= 15 is 0 Å². The number of ether oxygens (including phenoxy) is 1. The topological polar surface area (TPSA) is 89.8 Å². The van der Waals surface area contributed by atoms with Gasteiger partial charge in [-0.15, -0.1) is 0 Å². The van der Waals surface area contributed by atoms with E-state index in [-0.39, 0.29) is 16.3 Å². The molecule has 2 rings (SSSR count). The summed E-state index contributed by atoms with van der Waals surface area (Å²) in [4.78, 5) is 35.6. The predicted molar refractivity (Wildman–Crippen MR) is 74.2 cm³/mol. The average molecular weight is 313 g/mol. The number of hydrogen-bond donors (Lipinski definition) is 0. The summed E-state index contributed by atoms with van der Waals surface area (Å²) in [7, 11) is 1.27. The Bertz CT molecular complexity index is 604. The van der Waals surface area contributed by atoms with Gasteiger partial charge in [0.15, 0.2) is 0 Å². The maximum Gasteiger partial charge on any atom is 0.328 e. The van der Waals surface area contributed by atoms with E-state index in [0.717, 1.165) is 6.07 Å². The molecule has 21 heavy (non-hydrogen) atoms. The number of nitro groups is 1. The fraction of sp³-hybridized carbons (Fsp3) is 0.385. The Morgan fingerprint density at radius 2 is 2.19 bits per heavy atom. The first-order valence-corrected chi connectivity index (χ1v) is 6.66. The van der Waals surface area contributed by atoms with Gasteiger partial charge in [-0.2, -0.15) is 0 Å². The van der Waals surface area contributed by atoms with Crippen LogP contribution in [0.25, 0.3) is 0 Å². The van der Waals surface area contributed by atoms with Crippen LogP contribution in [0, 0.1) is 10.1 Å². The number of carbonyl (C=O) groups is 2. The minimum absolute atomic E-state index is 0.00952. The van der Waals surface area contributed by atoms with Crippen molar-refractivity contribution in [1.82, 2.24) is 4.90 Å². The minimum Gasteiger partial charge on any atom is -0.467 e. The Morgan fingerprint density at radius 3 is 2.76 bits per heavy atom.